The largest absolute Gasteiger partial charge is 0.490 e. The average Bonchev–Trinajstić information content (AvgIpc) is 2.44. The van der Waals surface area contributed by atoms with Crippen LogP contribution in [0.1, 0.15) is 37.0 Å². The Kier molecular flexibility index (Phi) is 7.97. The van der Waals surface area contributed by atoms with Gasteiger partial charge in [-0.25, -0.2) is 0 Å². The fourth-order valence-corrected chi connectivity index (χ4v) is 1.91. The van der Waals surface area contributed by atoms with E-state index in [1.807, 2.05) is 50.3 Å². The number of rotatable bonds is 8. The van der Waals surface area contributed by atoms with Gasteiger partial charge in [0.05, 0.1) is 0 Å². The number of ether oxygens (including phenoxy) is 1. The van der Waals surface area contributed by atoms with Gasteiger partial charge in [-0.15, -0.1) is 0 Å². The van der Waals surface area contributed by atoms with Crippen molar-refractivity contribution in [2.45, 2.75) is 26.7 Å². The first kappa shape index (κ1) is 16.7. The normalized spacial score (nSPS) is 10.6. The summed E-state index contributed by atoms with van der Waals surface area (Å²) in [6, 6.07) is 7.34. The molecule has 108 valence electrons. The molecule has 0 N–H and O–H groups in total. The Balaban J connectivity index is 2.47. The highest BCUT2D eigenvalue weighted by Crippen LogP contribution is 2.14. The lowest BCUT2D eigenvalue weighted by Gasteiger charge is -2.04. The molecule has 0 aromatic heterocycles. The van der Waals surface area contributed by atoms with Gasteiger partial charge in [0.15, 0.2) is 5.78 Å². The summed E-state index contributed by atoms with van der Waals surface area (Å²) in [6.07, 6.45) is 7.38. The number of halogens is 1. The molecule has 0 saturated heterocycles. The van der Waals surface area contributed by atoms with Crippen LogP contribution in [0.5, 0.6) is 5.75 Å². The summed E-state index contributed by atoms with van der Waals surface area (Å²) in [7, 11) is 0. The van der Waals surface area contributed by atoms with Crippen molar-refractivity contribution in [3.05, 3.63) is 53.6 Å². The number of hydrogen-bond acceptors (Lipinski definition) is 2. The van der Waals surface area contributed by atoms with E-state index in [0.717, 1.165) is 23.1 Å². The van der Waals surface area contributed by atoms with Crippen LogP contribution >= 0.6 is 15.9 Å². The van der Waals surface area contributed by atoms with Crippen molar-refractivity contribution in [3.8, 4) is 5.75 Å². The lowest BCUT2D eigenvalue weighted by Crippen LogP contribution is -1.99. The summed E-state index contributed by atoms with van der Waals surface area (Å²) in [6.45, 7) is 4.63. The molecule has 0 spiro atoms. The molecule has 0 amide bonds. The maximum atomic E-state index is 12.0. The van der Waals surface area contributed by atoms with Crippen molar-refractivity contribution in [2.75, 3.05) is 11.9 Å². The molecule has 0 aliphatic carbocycles. The minimum absolute atomic E-state index is 0.174. The Hall–Kier alpha value is -1.35. The van der Waals surface area contributed by atoms with Crippen LogP contribution in [0.15, 0.2) is 48.1 Å². The molecule has 2 nitrogen and oxygen atoms in total. The number of allylic oxidation sites excluding steroid dienone is 3. The maximum Gasteiger partial charge on any atom is 0.163 e. The molecule has 1 aromatic carbocycles. The summed E-state index contributed by atoms with van der Waals surface area (Å²) in [4.78, 5) is 12.0. The fraction of sp³-hybridized carbons (Fsp3) is 0.353. The van der Waals surface area contributed by atoms with Crippen molar-refractivity contribution in [3.63, 3.8) is 0 Å². The van der Waals surface area contributed by atoms with Crippen LogP contribution in [0.25, 0.3) is 0 Å². The van der Waals surface area contributed by atoms with Gasteiger partial charge >= 0.3 is 0 Å². The first-order chi connectivity index (χ1) is 9.63. The zero-order chi connectivity index (χ0) is 14.8. The van der Waals surface area contributed by atoms with Gasteiger partial charge in [-0.2, -0.15) is 0 Å². The first-order valence-electron chi connectivity index (χ1n) is 6.74. The predicted octanol–water partition coefficient (Wildman–Crippen LogP) is 4.95. The minimum atomic E-state index is 0.174. The zero-order valence-corrected chi connectivity index (χ0v) is 13.7. The molecule has 0 fully saturated rings. The number of Topliss-reactive ketones (excluding diaryl/α,β-unsaturated/α-hetero) is 1. The summed E-state index contributed by atoms with van der Waals surface area (Å²) >= 11 is 3.31. The van der Waals surface area contributed by atoms with E-state index in [1.165, 1.54) is 5.57 Å². The van der Waals surface area contributed by atoms with E-state index >= 15 is 0 Å². The Bertz CT molecular complexity index is 468. The van der Waals surface area contributed by atoms with Crippen molar-refractivity contribution in [1.82, 2.24) is 0 Å². The number of carbonyl (C=O) groups excluding carboxylic acids is 1. The summed E-state index contributed by atoms with van der Waals surface area (Å²) in [5.41, 5.74) is 1.99. The van der Waals surface area contributed by atoms with Gasteiger partial charge in [0.2, 0.25) is 0 Å². The van der Waals surface area contributed by atoms with E-state index < -0.39 is 0 Å². The van der Waals surface area contributed by atoms with Gasteiger partial charge in [0.25, 0.3) is 0 Å². The molecule has 0 bridgehead atoms. The molecule has 3 heteroatoms. The molecule has 0 unspecified atom stereocenters. The number of benzene rings is 1. The second-order valence-electron chi connectivity index (χ2n) is 4.70. The van der Waals surface area contributed by atoms with Crippen LogP contribution in [-0.4, -0.2) is 17.7 Å². The molecule has 0 heterocycles. The third-order valence-corrected chi connectivity index (χ3v) is 3.08. The Morgan fingerprint density at radius 2 is 1.90 bits per heavy atom. The fourth-order valence-electron chi connectivity index (χ4n) is 1.65. The van der Waals surface area contributed by atoms with Crippen molar-refractivity contribution in [1.29, 1.82) is 0 Å². The van der Waals surface area contributed by atoms with Crippen molar-refractivity contribution < 1.29 is 9.53 Å². The van der Waals surface area contributed by atoms with E-state index in [2.05, 4.69) is 22.0 Å². The Morgan fingerprint density at radius 3 is 2.50 bits per heavy atom. The minimum Gasteiger partial charge on any atom is -0.490 e. The molecular formula is C17H21BrO2. The van der Waals surface area contributed by atoms with Crippen LogP contribution in [0, 0.1) is 0 Å². The lowest BCUT2D eigenvalue weighted by atomic mass is 10.1. The summed E-state index contributed by atoms with van der Waals surface area (Å²) in [5.74, 6) is 0.957. The van der Waals surface area contributed by atoms with Crippen LogP contribution in [0.4, 0.5) is 0 Å². The predicted molar refractivity (Wildman–Crippen MR) is 87.9 cm³/mol. The monoisotopic (exact) mass is 336 g/mol. The molecular weight excluding hydrogens is 316 g/mol. The lowest BCUT2D eigenvalue weighted by molar-refractivity contribution is 0.0983. The summed E-state index contributed by atoms with van der Waals surface area (Å²) < 4.78 is 5.53. The van der Waals surface area contributed by atoms with E-state index in [4.69, 9.17) is 4.74 Å². The molecule has 0 radical (unpaired) electrons. The number of carbonyl (C=O) groups is 1. The number of alkyl halides is 1. The Labute approximate surface area is 129 Å². The molecule has 0 aliphatic rings. The topological polar surface area (TPSA) is 26.3 Å². The van der Waals surface area contributed by atoms with Gasteiger partial charge in [0.1, 0.15) is 12.4 Å². The van der Waals surface area contributed by atoms with Crippen LogP contribution in [-0.2, 0) is 0 Å². The average molecular weight is 337 g/mol. The van der Waals surface area contributed by atoms with E-state index in [-0.39, 0.29) is 5.78 Å². The highest BCUT2D eigenvalue weighted by Gasteiger charge is 2.04. The van der Waals surface area contributed by atoms with E-state index in [1.54, 1.807) is 0 Å². The molecule has 20 heavy (non-hydrogen) atoms. The SMILES string of the molecule is CC(C)=CCCC(=O)c1ccc(OC/C=C/CBr)cc1. The number of hydrogen-bond donors (Lipinski definition) is 0. The van der Waals surface area contributed by atoms with Gasteiger partial charge in [0, 0.05) is 17.3 Å². The molecule has 1 aromatic rings. The Morgan fingerprint density at radius 1 is 1.20 bits per heavy atom. The van der Waals surface area contributed by atoms with E-state index in [0.29, 0.717) is 13.0 Å². The number of ketones is 1. The molecule has 1 rings (SSSR count). The second kappa shape index (κ2) is 9.54. The first-order valence-corrected chi connectivity index (χ1v) is 7.86. The third-order valence-electron chi connectivity index (χ3n) is 2.70. The van der Waals surface area contributed by atoms with Gasteiger partial charge < -0.3 is 4.74 Å². The van der Waals surface area contributed by atoms with Gasteiger partial charge in [-0.3, -0.25) is 4.79 Å². The molecule has 0 saturated carbocycles. The third kappa shape index (κ3) is 6.71. The van der Waals surface area contributed by atoms with E-state index in [9.17, 15) is 4.79 Å². The maximum absolute atomic E-state index is 12.0. The van der Waals surface area contributed by atoms with Crippen LogP contribution in [0.2, 0.25) is 0 Å². The highest BCUT2D eigenvalue weighted by molar-refractivity contribution is 9.09. The zero-order valence-electron chi connectivity index (χ0n) is 12.1. The van der Waals surface area contributed by atoms with Crippen molar-refractivity contribution in [2.24, 2.45) is 0 Å². The molecule has 0 aliphatic heterocycles. The quantitative estimate of drug-likeness (QED) is 0.381. The smallest absolute Gasteiger partial charge is 0.163 e. The summed E-state index contributed by atoms with van der Waals surface area (Å²) in [5, 5.41) is 0.829. The highest BCUT2D eigenvalue weighted by atomic mass is 79.9. The van der Waals surface area contributed by atoms with Crippen LogP contribution < -0.4 is 4.74 Å². The van der Waals surface area contributed by atoms with Crippen molar-refractivity contribution >= 4 is 21.7 Å². The van der Waals surface area contributed by atoms with Crippen LogP contribution in [0.3, 0.4) is 0 Å². The van der Waals surface area contributed by atoms with Gasteiger partial charge in [-0.05, 0) is 44.5 Å². The van der Waals surface area contributed by atoms with Gasteiger partial charge in [-0.1, -0.05) is 39.7 Å². The molecule has 0 atom stereocenters. The standard InChI is InChI=1S/C17H21BrO2/c1-14(2)6-5-7-17(19)15-8-10-16(11-9-15)20-13-4-3-12-18/h3-4,6,8-11H,5,7,12-13H2,1-2H3/b4-3+. The second-order valence-corrected chi connectivity index (χ2v) is 5.35.